The summed E-state index contributed by atoms with van der Waals surface area (Å²) >= 11 is 0. The zero-order valence-electron chi connectivity index (χ0n) is 32.3. The summed E-state index contributed by atoms with van der Waals surface area (Å²) < 4.78 is 62.3. The lowest BCUT2D eigenvalue weighted by Gasteiger charge is -2.18. The molecule has 1 aromatic heterocycles. The molecule has 0 amide bonds. The Morgan fingerprint density at radius 3 is 1.57 bits per heavy atom. The fraction of sp³-hybridized carbons (Fsp3) is 0. The average molecular weight is 629 g/mol. The lowest BCUT2D eigenvalue weighted by atomic mass is 9.84. The van der Waals surface area contributed by atoms with Crippen molar-refractivity contribution in [3.63, 3.8) is 0 Å². The van der Waals surface area contributed by atoms with E-state index in [0.29, 0.717) is 11.1 Å². The van der Waals surface area contributed by atoms with Gasteiger partial charge in [0.1, 0.15) is 11.2 Å². The third-order valence-corrected chi connectivity index (χ3v) is 9.49. The van der Waals surface area contributed by atoms with E-state index >= 15 is 0 Å². The molecular formula is C48H30O. The second kappa shape index (κ2) is 11.1. The summed E-state index contributed by atoms with van der Waals surface area (Å²) in [5.41, 5.74) is 7.32. The second-order valence-corrected chi connectivity index (χ2v) is 12.3. The fourth-order valence-corrected chi connectivity index (χ4v) is 7.28. The summed E-state index contributed by atoms with van der Waals surface area (Å²) in [4.78, 5) is 0. The van der Waals surface area contributed by atoms with Crippen molar-refractivity contribution in [2.24, 2.45) is 0 Å². The number of benzene rings is 9. The Kier molecular flexibility index (Phi) is 5.02. The molecule has 1 nitrogen and oxygen atoms in total. The van der Waals surface area contributed by atoms with E-state index in [2.05, 4.69) is 42.5 Å². The molecule has 0 aliphatic rings. The van der Waals surface area contributed by atoms with Gasteiger partial charge in [-0.25, -0.2) is 0 Å². The van der Waals surface area contributed by atoms with Gasteiger partial charge in [0.05, 0.1) is 8.22 Å². The standard InChI is InChI=1S/C48H30O/c1-3-12-31(13-4-1)33-22-23-35-29-37(25-24-34(35)28-33)46-38-16-7-9-18-40(38)47(41-19-10-8-17-39(41)46)42-20-11-21-45-48(42)43-30-36(26-27-44(43)49-45)32-14-5-2-6-15-32/h1-30H/i22D,23D,24D,25D,28D,29D. The van der Waals surface area contributed by atoms with E-state index in [0.717, 1.165) is 65.7 Å². The molecule has 0 radical (unpaired) electrons. The summed E-state index contributed by atoms with van der Waals surface area (Å²) in [6, 6.07) is 46.5. The van der Waals surface area contributed by atoms with E-state index in [9.17, 15) is 5.48 Å². The van der Waals surface area contributed by atoms with Gasteiger partial charge in [-0.15, -0.1) is 0 Å². The van der Waals surface area contributed by atoms with Crippen LogP contribution >= 0.6 is 0 Å². The predicted molar refractivity (Wildman–Crippen MR) is 208 cm³/mol. The Hall–Kier alpha value is -6.44. The topological polar surface area (TPSA) is 13.1 Å². The number of hydrogen-bond acceptors (Lipinski definition) is 1. The number of rotatable bonds is 4. The molecule has 0 unspecified atom stereocenters. The van der Waals surface area contributed by atoms with E-state index in [1.807, 2.05) is 78.9 Å². The van der Waals surface area contributed by atoms with Crippen LogP contribution in [-0.2, 0) is 0 Å². The van der Waals surface area contributed by atoms with Gasteiger partial charge in [0.15, 0.2) is 0 Å². The van der Waals surface area contributed by atoms with E-state index in [1.165, 1.54) is 0 Å². The molecule has 228 valence electrons. The molecule has 0 saturated heterocycles. The molecule has 0 atom stereocenters. The van der Waals surface area contributed by atoms with Crippen molar-refractivity contribution in [1.82, 2.24) is 0 Å². The van der Waals surface area contributed by atoms with Crippen molar-refractivity contribution in [1.29, 1.82) is 0 Å². The SMILES string of the molecule is [2H]c1c(-c2c3ccccc3c(-c3cccc4oc5ccc(-c6ccccc6)cc5c34)c3ccccc23)c([2H])c2c([2H])c([2H])c(-c3ccccc3)c([2H])c2c1[2H]. The van der Waals surface area contributed by atoms with E-state index in [4.69, 9.17) is 7.16 Å². The van der Waals surface area contributed by atoms with Crippen LogP contribution in [-0.4, -0.2) is 0 Å². The highest BCUT2D eigenvalue weighted by molar-refractivity contribution is 6.26. The third kappa shape index (κ3) is 4.47. The van der Waals surface area contributed by atoms with Crippen molar-refractivity contribution in [3.8, 4) is 44.5 Å². The lowest BCUT2D eigenvalue weighted by molar-refractivity contribution is 0.669. The van der Waals surface area contributed by atoms with Crippen LogP contribution < -0.4 is 0 Å². The molecule has 9 aromatic carbocycles. The summed E-state index contributed by atoms with van der Waals surface area (Å²) in [7, 11) is 0. The van der Waals surface area contributed by atoms with Crippen LogP contribution in [0.3, 0.4) is 0 Å². The minimum atomic E-state index is -0.238. The Morgan fingerprint density at radius 2 is 0.918 bits per heavy atom. The van der Waals surface area contributed by atoms with Crippen LogP contribution in [0, 0.1) is 0 Å². The molecule has 0 aliphatic heterocycles. The molecule has 0 saturated carbocycles. The first-order valence-corrected chi connectivity index (χ1v) is 16.4. The Morgan fingerprint density at radius 1 is 0.367 bits per heavy atom. The van der Waals surface area contributed by atoms with Gasteiger partial charge in [-0.1, -0.05) is 152 Å². The van der Waals surface area contributed by atoms with Gasteiger partial charge in [0.25, 0.3) is 0 Å². The summed E-state index contributed by atoms with van der Waals surface area (Å²) in [5.74, 6) is 0. The number of fused-ring (bicyclic) bond motifs is 6. The van der Waals surface area contributed by atoms with E-state index in [1.54, 1.807) is 24.3 Å². The molecule has 0 spiro atoms. The van der Waals surface area contributed by atoms with E-state index < -0.39 is 0 Å². The van der Waals surface area contributed by atoms with Gasteiger partial charge in [-0.3, -0.25) is 0 Å². The molecular weight excluding hydrogens is 593 g/mol. The average Bonchev–Trinajstić information content (AvgIpc) is 3.60. The molecule has 10 rings (SSSR count). The van der Waals surface area contributed by atoms with Gasteiger partial charge in [0, 0.05) is 10.8 Å². The molecule has 10 aromatic rings. The van der Waals surface area contributed by atoms with Crippen molar-refractivity contribution in [2.45, 2.75) is 0 Å². The van der Waals surface area contributed by atoms with Crippen molar-refractivity contribution in [2.75, 3.05) is 0 Å². The first kappa shape index (κ1) is 22.2. The summed E-state index contributed by atoms with van der Waals surface area (Å²) in [5, 5.41) is 5.43. The first-order valence-electron chi connectivity index (χ1n) is 19.4. The molecule has 1 heterocycles. The minimum Gasteiger partial charge on any atom is -0.456 e. The molecule has 49 heavy (non-hydrogen) atoms. The molecule has 1 heteroatoms. The highest BCUT2D eigenvalue weighted by Gasteiger charge is 2.20. The van der Waals surface area contributed by atoms with Crippen molar-refractivity contribution < 1.29 is 12.6 Å². The predicted octanol–water partition coefficient (Wildman–Crippen LogP) is 13.7. The maximum Gasteiger partial charge on any atom is 0.136 e. The molecule has 0 bridgehead atoms. The lowest BCUT2D eigenvalue weighted by Crippen LogP contribution is -1.91. The first-order chi connectivity index (χ1) is 26.8. The summed E-state index contributed by atoms with van der Waals surface area (Å²) in [6.07, 6.45) is 0. The second-order valence-electron chi connectivity index (χ2n) is 12.3. The van der Waals surface area contributed by atoms with Crippen LogP contribution in [0.4, 0.5) is 0 Å². The molecule has 0 N–H and O–H groups in total. The number of hydrogen-bond donors (Lipinski definition) is 0. The van der Waals surface area contributed by atoms with Gasteiger partial charge < -0.3 is 4.42 Å². The quantitative estimate of drug-likeness (QED) is 0.177. The monoisotopic (exact) mass is 628 g/mol. The summed E-state index contributed by atoms with van der Waals surface area (Å²) in [6.45, 7) is 0. The van der Waals surface area contributed by atoms with Crippen LogP contribution in [0.2, 0.25) is 0 Å². The highest BCUT2D eigenvalue weighted by atomic mass is 16.3. The van der Waals surface area contributed by atoms with Gasteiger partial charge in [0.2, 0.25) is 0 Å². The molecule has 0 fully saturated rings. The Balaban J connectivity index is 1.30. The largest absolute Gasteiger partial charge is 0.456 e. The van der Waals surface area contributed by atoms with E-state index in [-0.39, 0.29) is 58.2 Å². The smallest absolute Gasteiger partial charge is 0.136 e. The van der Waals surface area contributed by atoms with Crippen LogP contribution in [0.15, 0.2) is 186 Å². The normalized spacial score (nSPS) is 13.4. The van der Waals surface area contributed by atoms with Gasteiger partial charge in [-0.05, 0) is 107 Å². The van der Waals surface area contributed by atoms with Crippen molar-refractivity contribution >= 4 is 54.3 Å². The zero-order valence-corrected chi connectivity index (χ0v) is 26.3. The third-order valence-electron chi connectivity index (χ3n) is 9.49. The highest BCUT2D eigenvalue weighted by Crippen LogP contribution is 2.47. The maximum atomic E-state index is 9.66. The maximum absolute atomic E-state index is 9.66. The number of furan rings is 1. The van der Waals surface area contributed by atoms with Gasteiger partial charge in [-0.2, -0.15) is 0 Å². The van der Waals surface area contributed by atoms with Gasteiger partial charge >= 0.3 is 0 Å². The van der Waals surface area contributed by atoms with Crippen LogP contribution in [0.1, 0.15) is 8.22 Å². The van der Waals surface area contributed by atoms with Crippen LogP contribution in [0.5, 0.6) is 0 Å². The molecule has 0 aliphatic carbocycles. The van der Waals surface area contributed by atoms with Crippen LogP contribution in [0.25, 0.3) is 98.8 Å². The van der Waals surface area contributed by atoms with Crippen molar-refractivity contribution in [3.05, 3.63) is 182 Å². The minimum absolute atomic E-state index is 0.0341. The zero-order chi connectivity index (χ0) is 37.5. The Labute approximate surface area is 292 Å². The Bertz CT molecular complexity index is 3150. The fourth-order valence-electron chi connectivity index (χ4n) is 7.28.